The van der Waals surface area contributed by atoms with E-state index in [-0.39, 0.29) is 23.9 Å². The van der Waals surface area contributed by atoms with Crippen LogP contribution in [0.4, 0.5) is 13.2 Å². The van der Waals surface area contributed by atoms with Crippen LogP contribution in [0.5, 0.6) is 0 Å². The molecule has 1 fully saturated rings. The summed E-state index contributed by atoms with van der Waals surface area (Å²) in [5, 5.41) is 0. The molecular formula is C17H23F3N2O3S. The molecule has 0 saturated carbocycles. The Hall–Kier alpha value is -1.61. The van der Waals surface area contributed by atoms with E-state index in [1.807, 2.05) is 0 Å². The van der Waals surface area contributed by atoms with Gasteiger partial charge in [-0.3, -0.25) is 4.79 Å². The number of aryl methyl sites for hydroxylation is 1. The van der Waals surface area contributed by atoms with Crippen LogP contribution in [-0.2, 0) is 27.4 Å². The van der Waals surface area contributed by atoms with Crippen LogP contribution < -0.4 is 4.72 Å². The monoisotopic (exact) mass is 392 g/mol. The number of sulfonamides is 1. The minimum absolute atomic E-state index is 0.104. The van der Waals surface area contributed by atoms with Gasteiger partial charge < -0.3 is 4.90 Å². The van der Waals surface area contributed by atoms with Crippen molar-refractivity contribution < 1.29 is 26.4 Å². The number of hydrogen-bond acceptors (Lipinski definition) is 3. The predicted octanol–water partition coefficient (Wildman–Crippen LogP) is 2.43. The fourth-order valence-corrected chi connectivity index (χ4v) is 3.59. The van der Waals surface area contributed by atoms with Crippen molar-refractivity contribution >= 4 is 15.9 Å². The Morgan fingerprint density at radius 1 is 1.31 bits per heavy atom. The van der Waals surface area contributed by atoms with Gasteiger partial charge in [0.2, 0.25) is 15.9 Å². The first-order chi connectivity index (χ1) is 12.1. The Bertz CT molecular complexity index is 735. The van der Waals surface area contributed by atoms with Crippen molar-refractivity contribution in [3.05, 3.63) is 35.4 Å². The number of piperidine rings is 1. The van der Waals surface area contributed by atoms with Crippen LogP contribution in [0.2, 0.25) is 0 Å². The summed E-state index contributed by atoms with van der Waals surface area (Å²) in [6.45, 7) is 0.695. The lowest BCUT2D eigenvalue weighted by atomic mass is 9.90. The SMILES string of the molecule is CS(=O)(=O)NCC(=O)N1CCC[C@@H](CCc2ccccc2C(F)(F)F)C1. The van der Waals surface area contributed by atoms with Gasteiger partial charge in [0.25, 0.3) is 0 Å². The quantitative estimate of drug-likeness (QED) is 0.809. The Kier molecular flexibility index (Phi) is 6.68. The van der Waals surface area contributed by atoms with Gasteiger partial charge in [0.1, 0.15) is 0 Å². The molecule has 1 aromatic rings. The fraction of sp³-hybridized carbons (Fsp3) is 0.588. The van der Waals surface area contributed by atoms with Gasteiger partial charge in [-0.25, -0.2) is 13.1 Å². The van der Waals surface area contributed by atoms with E-state index in [0.29, 0.717) is 25.9 Å². The summed E-state index contributed by atoms with van der Waals surface area (Å²) < 4.78 is 63.5. The second kappa shape index (κ2) is 8.39. The summed E-state index contributed by atoms with van der Waals surface area (Å²) in [5.41, 5.74) is -0.344. The number of benzene rings is 1. The molecule has 1 aromatic carbocycles. The van der Waals surface area contributed by atoms with Crippen molar-refractivity contribution in [2.24, 2.45) is 5.92 Å². The minimum Gasteiger partial charge on any atom is -0.341 e. The highest BCUT2D eigenvalue weighted by molar-refractivity contribution is 7.88. The maximum absolute atomic E-state index is 13.1. The zero-order valence-electron chi connectivity index (χ0n) is 14.6. The number of alkyl halides is 3. The van der Waals surface area contributed by atoms with E-state index < -0.39 is 21.8 Å². The second-order valence-electron chi connectivity index (χ2n) is 6.63. The highest BCUT2D eigenvalue weighted by Crippen LogP contribution is 2.33. The van der Waals surface area contributed by atoms with E-state index in [9.17, 15) is 26.4 Å². The standard InChI is InChI=1S/C17H23F3N2O3S/c1-26(24,25)21-11-16(23)22-10-4-5-13(12-22)8-9-14-6-2-3-7-15(14)17(18,19)20/h2-3,6-7,13,21H,4-5,8-12H2,1H3/t13-/m0/s1. The van der Waals surface area contributed by atoms with Crippen LogP contribution in [0.15, 0.2) is 24.3 Å². The van der Waals surface area contributed by atoms with Gasteiger partial charge in [-0.05, 0) is 43.2 Å². The van der Waals surface area contributed by atoms with E-state index in [4.69, 9.17) is 0 Å². The summed E-state index contributed by atoms with van der Waals surface area (Å²) >= 11 is 0. The summed E-state index contributed by atoms with van der Waals surface area (Å²) in [4.78, 5) is 13.7. The molecule has 0 unspecified atom stereocenters. The van der Waals surface area contributed by atoms with Crippen LogP contribution in [0.25, 0.3) is 0 Å². The third-order valence-electron chi connectivity index (χ3n) is 4.50. The number of carbonyl (C=O) groups is 1. The molecule has 1 atom stereocenters. The largest absolute Gasteiger partial charge is 0.416 e. The third-order valence-corrected chi connectivity index (χ3v) is 5.17. The number of halogens is 3. The lowest BCUT2D eigenvalue weighted by Gasteiger charge is -2.33. The van der Waals surface area contributed by atoms with Crippen molar-refractivity contribution in [2.45, 2.75) is 31.9 Å². The summed E-state index contributed by atoms with van der Waals surface area (Å²) in [6, 6.07) is 5.55. The first-order valence-electron chi connectivity index (χ1n) is 8.44. The first kappa shape index (κ1) is 20.7. The maximum Gasteiger partial charge on any atom is 0.416 e. The zero-order chi connectivity index (χ0) is 19.4. The van der Waals surface area contributed by atoms with Crippen LogP contribution in [0.1, 0.15) is 30.4 Å². The van der Waals surface area contributed by atoms with Crippen molar-refractivity contribution in [2.75, 3.05) is 25.9 Å². The van der Waals surface area contributed by atoms with Gasteiger partial charge in [-0.15, -0.1) is 0 Å². The van der Waals surface area contributed by atoms with E-state index in [0.717, 1.165) is 25.2 Å². The number of hydrogen-bond donors (Lipinski definition) is 1. The minimum atomic E-state index is -4.37. The molecule has 1 saturated heterocycles. The average molecular weight is 392 g/mol. The van der Waals surface area contributed by atoms with E-state index in [1.54, 1.807) is 11.0 Å². The van der Waals surface area contributed by atoms with E-state index >= 15 is 0 Å². The number of likely N-dealkylation sites (tertiary alicyclic amines) is 1. The highest BCUT2D eigenvalue weighted by atomic mass is 32.2. The molecule has 0 aromatic heterocycles. The summed E-state index contributed by atoms with van der Waals surface area (Å²) in [7, 11) is -3.44. The molecule has 0 spiro atoms. The molecule has 2 rings (SSSR count). The number of carbonyl (C=O) groups excluding carboxylic acids is 1. The van der Waals surface area contributed by atoms with Crippen molar-refractivity contribution in [1.29, 1.82) is 0 Å². The lowest BCUT2D eigenvalue weighted by molar-refractivity contribution is -0.138. The predicted molar refractivity (Wildman–Crippen MR) is 91.9 cm³/mol. The molecule has 5 nitrogen and oxygen atoms in total. The Labute approximate surface area is 151 Å². The van der Waals surface area contributed by atoms with Gasteiger partial charge in [0, 0.05) is 13.1 Å². The van der Waals surface area contributed by atoms with Gasteiger partial charge in [0.15, 0.2) is 0 Å². The molecule has 1 amide bonds. The van der Waals surface area contributed by atoms with E-state index in [1.165, 1.54) is 12.1 Å². The molecule has 1 heterocycles. The molecule has 26 heavy (non-hydrogen) atoms. The van der Waals surface area contributed by atoms with Crippen LogP contribution in [-0.4, -0.2) is 45.1 Å². The van der Waals surface area contributed by atoms with Gasteiger partial charge in [0.05, 0.1) is 18.4 Å². The molecule has 0 bridgehead atoms. The maximum atomic E-state index is 13.1. The highest BCUT2D eigenvalue weighted by Gasteiger charge is 2.33. The van der Waals surface area contributed by atoms with Crippen LogP contribution in [0.3, 0.4) is 0 Å². The molecule has 1 N–H and O–H groups in total. The van der Waals surface area contributed by atoms with Gasteiger partial charge in [-0.2, -0.15) is 13.2 Å². The molecule has 0 aliphatic carbocycles. The molecule has 0 radical (unpaired) electrons. The molecular weight excluding hydrogens is 369 g/mol. The smallest absolute Gasteiger partial charge is 0.341 e. The Balaban J connectivity index is 1.92. The summed E-state index contributed by atoms with van der Waals surface area (Å²) in [6.07, 6.45) is -0.937. The first-order valence-corrected chi connectivity index (χ1v) is 10.3. The van der Waals surface area contributed by atoms with Crippen LogP contribution in [0, 0.1) is 5.92 Å². The number of nitrogens with one attached hydrogen (secondary N) is 1. The Morgan fingerprint density at radius 3 is 2.65 bits per heavy atom. The molecule has 9 heteroatoms. The third kappa shape index (κ3) is 6.28. The normalized spacial score (nSPS) is 18.8. The second-order valence-corrected chi connectivity index (χ2v) is 8.47. The van der Waals surface area contributed by atoms with Crippen molar-refractivity contribution in [3.8, 4) is 0 Å². The number of rotatable bonds is 6. The zero-order valence-corrected chi connectivity index (χ0v) is 15.4. The van der Waals surface area contributed by atoms with E-state index in [2.05, 4.69) is 4.72 Å². The topological polar surface area (TPSA) is 66.5 Å². The lowest BCUT2D eigenvalue weighted by Crippen LogP contribution is -2.45. The fourth-order valence-electron chi connectivity index (χ4n) is 3.21. The Morgan fingerprint density at radius 2 is 2.00 bits per heavy atom. The van der Waals surface area contributed by atoms with Gasteiger partial charge >= 0.3 is 6.18 Å². The molecule has 146 valence electrons. The van der Waals surface area contributed by atoms with Crippen molar-refractivity contribution in [3.63, 3.8) is 0 Å². The number of amides is 1. The average Bonchev–Trinajstić information content (AvgIpc) is 2.57. The van der Waals surface area contributed by atoms with Crippen LogP contribution >= 0.6 is 0 Å². The molecule has 1 aliphatic rings. The van der Waals surface area contributed by atoms with Gasteiger partial charge in [-0.1, -0.05) is 18.2 Å². The molecule has 1 aliphatic heterocycles. The van der Waals surface area contributed by atoms with Crippen molar-refractivity contribution in [1.82, 2.24) is 9.62 Å². The summed E-state index contributed by atoms with van der Waals surface area (Å²) in [5.74, 6) is -0.206. The number of nitrogens with zero attached hydrogens (tertiary/aromatic N) is 1.